The molecule has 0 saturated carbocycles. The highest BCUT2D eigenvalue weighted by Crippen LogP contribution is 2.18. The van der Waals surface area contributed by atoms with Crippen molar-refractivity contribution in [1.82, 2.24) is 0 Å². The zero-order valence-electron chi connectivity index (χ0n) is 7.07. The first-order chi connectivity index (χ1) is 6.04. The molecule has 0 aliphatic rings. The lowest BCUT2D eigenvalue weighted by Gasteiger charge is -2.04. The van der Waals surface area contributed by atoms with E-state index in [9.17, 15) is 9.59 Å². The number of Topliss-reactive ketones (excluding diaryl/α,β-unsaturated/α-hetero) is 1. The largest absolute Gasteiger partial charge is 0.366 e. The van der Waals surface area contributed by atoms with Crippen molar-refractivity contribution in [2.24, 2.45) is 5.73 Å². The van der Waals surface area contributed by atoms with E-state index in [0.717, 1.165) is 0 Å². The Morgan fingerprint density at radius 2 is 1.85 bits per heavy atom. The number of hydrogen-bond donors (Lipinski definition) is 2. The average Bonchev–Trinajstić information content (AvgIpc) is 2.03. The zero-order chi connectivity index (χ0) is 10.0. The minimum absolute atomic E-state index is 0.131. The van der Waals surface area contributed by atoms with Crippen LogP contribution in [0.4, 0.5) is 0 Å². The maximum absolute atomic E-state index is 11.0. The third kappa shape index (κ3) is 1.89. The van der Waals surface area contributed by atoms with Gasteiger partial charge in [0, 0.05) is 10.5 Å². The summed E-state index contributed by atoms with van der Waals surface area (Å²) in [5.41, 5.74) is 5.77. The predicted octanol–water partition coefficient (Wildman–Crippen LogP) is 1.28. The first-order valence-electron chi connectivity index (χ1n) is 3.66. The molecule has 0 spiro atoms. The van der Waals surface area contributed by atoms with E-state index in [1.54, 1.807) is 12.1 Å². The number of nitrogens with two attached hydrogens (primary N) is 1. The van der Waals surface area contributed by atoms with Gasteiger partial charge in [0.25, 0.3) is 0 Å². The number of carbonyl (C=O) groups is 2. The summed E-state index contributed by atoms with van der Waals surface area (Å²) in [4.78, 5) is 22.2. The number of benzene rings is 1. The molecule has 1 rings (SSSR count). The molecule has 1 aromatic rings. The molecular formula is C9H9NO2S. The Morgan fingerprint density at radius 1 is 1.31 bits per heavy atom. The lowest BCUT2D eigenvalue weighted by molar-refractivity contribution is 0.0997. The minimum atomic E-state index is -0.576. The van der Waals surface area contributed by atoms with Crippen molar-refractivity contribution in [3.63, 3.8) is 0 Å². The minimum Gasteiger partial charge on any atom is -0.366 e. The Morgan fingerprint density at radius 3 is 2.31 bits per heavy atom. The quantitative estimate of drug-likeness (QED) is 0.551. The van der Waals surface area contributed by atoms with Crippen LogP contribution in [0.2, 0.25) is 0 Å². The van der Waals surface area contributed by atoms with Crippen LogP contribution in [0.15, 0.2) is 23.1 Å². The topological polar surface area (TPSA) is 60.2 Å². The highest BCUT2D eigenvalue weighted by molar-refractivity contribution is 7.80. The fourth-order valence-electron chi connectivity index (χ4n) is 1.03. The van der Waals surface area contributed by atoms with Gasteiger partial charge in [0.05, 0.1) is 5.56 Å². The first-order valence-corrected chi connectivity index (χ1v) is 4.11. The van der Waals surface area contributed by atoms with E-state index in [0.29, 0.717) is 10.5 Å². The van der Waals surface area contributed by atoms with Gasteiger partial charge in [0.1, 0.15) is 0 Å². The van der Waals surface area contributed by atoms with E-state index < -0.39 is 5.91 Å². The summed E-state index contributed by atoms with van der Waals surface area (Å²) >= 11 is 4.07. The van der Waals surface area contributed by atoms with Gasteiger partial charge in [-0.15, -0.1) is 12.6 Å². The van der Waals surface area contributed by atoms with E-state index >= 15 is 0 Å². The van der Waals surface area contributed by atoms with Crippen LogP contribution in [0.5, 0.6) is 0 Å². The van der Waals surface area contributed by atoms with Crippen molar-refractivity contribution in [1.29, 1.82) is 0 Å². The summed E-state index contributed by atoms with van der Waals surface area (Å²) in [7, 11) is 0. The van der Waals surface area contributed by atoms with Crippen molar-refractivity contribution < 1.29 is 9.59 Å². The van der Waals surface area contributed by atoms with Crippen molar-refractivity contribution >= 4 is 24.3 Å². The van der Waals surface area contributed by atoms with Crippen LogP contribution in [0.25, 0.3) is 0 Å². The fourth-order valence-corrected chi connectivity index (χ4v) is 1.44. The summed E-state index contributed by atoms with van der Waals surface area (Å²) < 4.78 is 0. The molecule has 2 N–H and O–H groups in total. The van der Waals surface area contributed by atoms with E-state index in [1.807, 2.05) is 0 Å². The van der Waals surface area contributed by atoms with Crippen molar-refractivity contribution in [3.8, 4) is 0 Å². The highest BCUT2D eigenvalue weighted by Gasteiger charge is 2.11. The van der Waals surface area contributed by atoms with E-state index in [2.05, 4.69) is 12.6 Å². The molecule has 0 radical (unpaired) electrons. The molecule has 0 saturated heterocycles. The summed E-state index contributed by atoms with van der Waals surface area (Å²) in [6.45, 7) is 1.42. The number of ketones is 1. The number of thiol groups is 1. The second-order valence-corrected chi connectivity index (χ2v) is 3.07. The van der Waals surface area contributed by atoms with E-state index in [1.165, 1.54) is 13.0 Å². The summed E-state index contributed by atoms with van der Waals surface area (Å²) in [5, 5.41) is 0. The SMILES string of the molecule is CC(=O)c1cccc(C(N)=O)c1S. The number of hydrogen-bond acceptors (Lipinski definition) is 3. The van der Waals surface area contributed by atoms with Crippen molar-refractivity contribution in [3.05, 3.63) is 29.3 Å². The van der Waals surface area contributed by atoms with Crippen LogP contribution in [-0.2, 0) is 0 Å². The predicted molar refractivity (Wildman–Crippen MR) is 52.2 cm³/mol. The van der Waals surface area contributed by atoms with Crippen LogP contribution in [-0.4, -0.2) is 11.7 Å². The van der Waals surface area contributed by atoms with Gasteiger partial charge in [-0.1, -0.05) is 12.1 Å². The third-order valence-electron chi connectivity index (χ3n) is 1.68. The van der Waals surface area contributed by atoms with E-state index in [-0.39, 0.29) is 11.3 Å². The molecular weight excluding hydrogens is 186 g/mol. The average molecular weight is 195 g/mol. The monoisotopic (exact) mass is 195 g/mol. The molecule has 0 heterocycles. The second kappa shape index (κ2) is 3.62. The van der Waals surface area contributed by atoms with Gasteiger partial charge in [-0.3, -0.25) is 9.59 Å². The fraction of sp³-hybridized carbons (Fsp3) is 0.111. The highest BCUT2D eigenvalue weighted by atomic mass is 32.1. The van der Waals surface area contributed by atoms with Gasteiger partial charge in [-0.2, -0.15) is 0 Å². The maximum Gasteiger partial charge on any atom is 0.249 e. The molecule has 1 aromatic carbocycles. The number of rotatable bonds is 2. The zero-order valence-corrected chi connectivity index (χ0v) is 7.97. The molecule has 0 atom stereocenters. The van der Waals surface area contributed by atoms with E-state index in [4.69, 9.17) is 5.73 Å². The van der Waals surface area contributed by atoms with Crippen LogP contribution < -0.4 is 5.73 Å². The molecule has 1 amide bonds. The van der Waals surface area contributed by atoms with Crippen molar-refractivity contribution in [2.75, 3.05) is 0 Å². The molecule has 0 aliphatic heterocycles. The van der Waals surface area contributed by atoms with Crippen LogP contribution >= 0.6 is 12.6 Å². The molecule has 3 nitrogen and oxygen atoms in total. The second-order valence-electron chi connectivity index (χ2n) is 2.62. The van der Waals surface area contributed by atoms with Gasteiger partial charge in [0.2, 0.25) is 5.91 Å². The van der Waals surface area contributed by atoms with Gasteiger partial charge in [-0.05, 0) is 13.0 Å². The summed E-state index contributed by atoms with van der Waals surface area (Å²) in [6, 6.07) is 4.75. The van der Waals surface area contributed by atoms with Crippen LogP contribution in [0, 0.1) is 0 Å². The van der Waals surface area contributed by atoms with Gasteiger partial charge >= 0.3 is 0 Å². The summed E-state index contributed by atoms with van der Waals surface area (Å²) in [6.07, 6.45) is 0. The van der Waals surface area contributed by atoms with Gasteiger partial charge in [-0.25, -0.2) is 0 Å². The van der Waals surface area contributed by atoms with Gasteiger partial charge in [0.15, 0.2) is 5.78 Å². The molecule has 0 bridgehead atoms. The van der Waals surface area contributed by atoms with Crippen molar-refractivity contribution in [2.45, 2.75) is 11.8 Å². The number of carbonyl (C=O) groups excluding carboxylic acids is 2. The summed E-state index contributed by atoms with van der Waals surface area (Å²) in [5.74, 6) is -0.707. The Balaban J connectivity index is 3.35. The molecule has 0 fully saturated rings. The number of amides is 1. The molecule has 13 heavy (non-hydrogen) atoms. The maximum atomic E-state index is 11.0. The first kappa shape index (κ1) is 9.80. The Labute approximate surface area is 81.3 Å². The molecule has 68 valence electrons. The molecule has 0 aliphatic carbocycles. The Hall–Kier alpha value is -1.29. The van der Waals surface area contributed by atoms with Gasteiger partial charge < -0.3 is 5.73 Å². The Kier molecular flexibility index (Phi) is 2.72. The lowest BCUT2D eigenvalue weighted by atomic mass is 10.1. The molecule has 0 unspecified atom stereocenters. The molecule has 4 heteroatoms. The third-order valence-corrected chi connectivity index (χ3v) is 2.16. The molecule has 0 aromatic heterocycles. The van der Waals surface area contributed by atoms with Crippen LogP contribution in [0.1, 0.15) is 27.6 Å². The normalized spacial score (nSPS) is 9.69. The number of primary amides is 1. The Bertz CT molecular complexity index is 342. The van der Waals surface area contributed by atoms with Crippen LogP contribution in [0.3, 0.4) is 0 Å². The standard InChI is InChI=1S/C9H9NO2S/c1-5(11)6-3-2-4-7(8(6)13)9(10)12/h2-4,13H,1H3,(H2,10,12). The smallest absolute Gasteiger partial charge is 0.249 e. The lowest BCUT2D eigenvalue weighted by Crippen LogP contribution is -2.13.